The van der Waals surface area contributed by atoms with E-state index in [-0.39, 0.29) is 18.0 Å². The highest BCUT2D eigenvalue weighted by atomic mass is 35.5. The Balaban J connectivity index is 2.11. The molecular weight excluding hydrogens is 268 g/mol. The molecule has 0 bridgehead atoms. The SMILES string of the molecule is O=C(O)CC1(NC(=O)c2ccc(Cl)cn2)CCCC1. The number of aromatic nitrogens is 1. The Kier molecular flexibility index (Phi) is 4.04. The van der Waals surface area contributed by atoms with Crippen LogP contribution in [0.1, 0.15) is 42.6 Å². The first-order valence-corrected chi connectivity index (χ1v) is 6.54. The Morgan fingerprint density at radius 3 is 2.58 bits per heavy atom. The van der Waals surface area contributed by atoms with Crippen molar-refractivity contribution >= 4 is 23.5 Å². The van der Waals surface area contributed by atoms with E-state index in [1.54, 1.807) is 6.07 Å². The first-order chi connectivity index (χ1) is 9.01. The van der Waals surface area contributed by atoms with Crippen molar-refractivity contribution in [1.29, 1.82) is 0 Å². The third-order valence-corrected chi connectivity index (χ3v) is 3.61. The standard InChI is InChI=1S/C13H15ClN2O3/c14-9-3-4-10(15-8-9)12(19)16-13(7-11(17)18)5-1-2-6-13/h3-4,8H,1-2,5-7H2,(H,16,19)(H,17,18). The molecule has 19 heavy (non-hydrogen) atoms. The molecule has 102 valence electrons. The van der Waals surface area contributed by atoms with Gasteiger partial charge in [0, 0.05) is 6.20 Å². The molecule has 1 heterocycles. The Labute approximate surface area is 116 Å². The van der Waals surface area contributed by atoms with Crippen molar-refractivity contribution in [3.05, 3.63) is 29.0 Å². The lowest BCUT2D eigenvalue weighted by molar-refractivity contribution is -0.138. The second-order valence-electron chi connectivity index (χ2n) is 4.87. The number of hydrogen-bond donors (Lipinski definition) is 2. The monoisotopic (exact) mass is 282 g/mol. The maximum absolute atomic E-state index is 12.1. The second-order valence-corrected chi connectivity index (χ2v) is 5.31. The van der Waals surface area contributed by atoms with Gasteiger partial charge < -0.3 is 10.4 Å². The summed E-state index contributed by atoms with van der Waals surface area (Å²) in [4.78, 5) is 27.0. The zero-order chi connectivity index (χ0) is 13.9. The molecule has 5 nitrogen and oxygen atoms in total. The van der Waals surface area contributed by atoms with Crippen LogP contribution in [-0.4, -0.2) is 27.5 Å². The van der Waals surface area contributed by atoms with Crippen LogP contribution >= 0.6 is 11.6 Å². The van der Waals surface area contributed by atoms with E-state index in [2.05, 4.69) is 10.3 Å². The smallest absolute Gasteiger partial charge is 0.305 e. The molecule has 1 fully saturated rings. The molecule has 0 atom stereocenters. The van der Waals surface area contributed by atoms with Crippen molar-refractivity contribution in [2.45, 2.75) is 37.6 Å². The summed E-state index contributed by atoms with van der Waals surface area (Å²) in [5.74, 6) is -1.24. The molecule has 1 aliphatic carbocycles. The van der Waals surface area contributed by atoms with Crippen LogP contribution in [-0.2, 0) is 4.79 Å². The van der Waals surface area contributed by atoms with Gasteiger partial charge in [0.25, 0.3) is 5.91 Å². The zero-order valence-corrected chi connectivity index (χ0v) is 11.1. The highest BCUT2D eigenvalue weighted by Crippen LogP contribution is 2.32. The minimum Gasteiger partial charge on any atom is -0.481 e. The molecule has 6 heteroatoms. The van der Waals surface area contributed by atoms with E-state index < -0.39 is 11.5 Å². The Morgan fingerprint density at radius 1 is 1.37 bits per heavy atom. The summed E-state index contributed by atoms with van der Waals surface area (Å²) in [5, 5.41) is 12.3. The zero-order valence-electron chi connectivity index (χ0n) is 10.4. The molecule has 2 rings (SSSR count). The van der Waals surface area contributed by atoms with Crippen LogP contribution in [0.4, 0.5) is 0 Å². The normalized spacial score (nSPS) is 17.1. The molecule has 0 unspecified atom stereocenters. The summed E-state index contributed by atoms with van der Waals surface area (Å²) in [7, 11) is 0. The van der Waals surface area contributed by atoms with Crippen LogP contribution in [0.15, 0.2) is 18.3 Å². The number of carbonyl (C=O) groups excluding carboxylic acids is 1. The number of carboxylic acids is 1. The summed E-state index contributed by atoms with van der Waals surface area (Å²) in [6.07, 6.45) is 4.60. The number of rotatable bonds is 4. The lowest BCUT2D eigenvalue weighted by Gasteiger charge is -2.28. The van der Waals surface area contributed by atoms with Crippen LogP contribution in [0.5, 0.6) is 0 Å². The second kappa shape index (κ2) is 5.57. The Hall–Kier alpha value is -1.62. The van der Waals surface area contributed by atoms with Crippen LogP contribution in [0.3, 0.4) is 0 Å². The Bertz CT molecular complexity index is 481. The van der Waals surface area contributed by atoms with Crippen molar-refractivity contribution in [2.24, 2.45) is 0 Å². The van der Waals surface area contributed by atoms with Crippen molar-refractivity contribution in [3.63, 3.8) is 0 Å². The van der Waals surface area contributed by atoms with Gasteiger partial charge in [0.2, 0.25) is 0 Å². The maximum Gasteiger partial charge on any atom is 0.305 e. The number of aliphatic carboxylic acids is 1. The van der Waals surface area contributed by atoms with Gasteiger partial charge in [0.1, 0.15) is 5.69 Å². The predicted octanol–water partition coefficient (Wildman–Crippen LogP) is 2.25. The molecule has 1 saturated carbocycles. The first kappa shape index (κ1) is 13.8. The fourth-order valence-corrected chi connectivity index (χ4v) is 2.61. The van der Waals surface area contributed by atoms with Gasteiger partial charge in [-0.05, 0) is 25.0 Å². The van der Waals surface area contributed by atoms with E-state index in [9.17, 15) is 9.59 Å². The van der Waals surface area contributed by atoms with Gasteiger partial charge in [-0.25, -0.2) is 4.98 Å². The van der Waals surface area contributed by atoms with Crippen LogP contribution in [0, 0.1) is 0 Å². The van der Waals surface area contributed by atoms with E-state index in [4.69, 9.17) is 16.7 Å². The third kappa shape index (κ3) is 3.44. The van der Waals surface area contributed by atoms with Gasteiger partial charge in [-0.2, -0.15) is 0 Å². The molecule has 1 aromatic rings. The van der Waals surface area contributed by atoms with E-state index >= 15 is 0 Å². The van der Waals surface area contributed by atoms with Gasteiger partial charge >= 0.3 is 5.97 Å². The van der Waals surface area contributed by atoms with Crippen molar-refractivity contribution in [2.75, 3.05) is 0 Å². The topological polar surface area (TPSA) is 79.3 Å². The molecule has 0 spiro atoms. The molecule has 0 saturated heterocycles. The van der Waals surface area contributed by atoms with E-state index in [0.29, 0.717) is 17.9 Å². The van der Waals surface area contributed by atoms with Gasteiger partial charge in [-0.1, -0.05) is 24.4 Å². The summed E-state index contributed by atoms with van der Waals surface area (Å²) >= 11 is 5.71. The molecule has 1 aromatic heterocycles. The van der Waals surface area contributed by atoms with Gasteiger partial charge in [-0.15, -0.1) is 0 Å². The lowest BCUT2D eigenvalue weighted by Crippen LogP contribution is -2.48. The van der Waals surface area contributed by atoms with Crippen LogP contribution in [0.2, 0.25) is 5.02 Å². The quantitative estimate of drug-likeness (QED) is 0.888. The number of carboxylic acid groups (broad SMARTS) is 1. The molecule has 0 aromatic carbocycles. The minimum atomic E-state index is -0.897. The summed E-state index contributed by atoms with van der Waals surface area (Å²) < 4.78 is 0. The molecule has 1 aliphatic rings. The number of pyridine rings is 1. The highest BCUT2D eigenvalue weighted by Gasteiger charge is 2.37. The number of nitrogens with one attached hydrogen (secondary N) is 1. The average molecular weight is 283 g/mol. The van der Waals surface area contributed by atoms with Crippen molar-refractivity contribution < 1.29 is 14.7 Å². The average Bonchev–Trinajstić information content (AvgIpc) is 2.77. The molecular formula is C13H15ClN2O3. The number of nitrogens with zero attached hydrogens (tertiary/aromatic N) is 1. The van der Waals surface area contributed by atoms with E-state index in [1.807, 2.05) is 0 Å². The third-order valence-electron chi connectivity index (χ3n) is 3.39. The number of hydrogen-bond acceptors (Lipinski definition) is 3. The maximum atomic E-state index is 12.1. The van der Waals surface area contributed by atoms with Crippen molar-refractivity contribution in [1.82, 2.24) is 10.3 Å². The molecule has 0 radical (unpaired) electrons. The number of halogens is 1. The summed E-state index contributed by atoms with van der Waals surface area (Å²) in [6, 6.07) is 3.11. The first-order valence-electron chi connectivity index (χ1n) is 6.17. The van der Waals surface area contributed by atoms with Gasteiger partial charge in [-0.3, -0.25) is 9.59 Å². The molecule has 2 N–H and O–H groups in total. The highest BCUT2D eigenvalue weighted by molar-refractivity contribution is 6.30. The Morgan fingerprint density at radius 2 is 2.05 bits per heavy atom. The summed E-state index contributed by atoms with van der Waals surface area (Å²) in [6.45, 7) is 0. The van der Waals surface area contributed by atoms with Crippen LogP contribution < -0.4 is 5.32 Å². The minimum absolute atomic E-state index is 0.0493. The van der Waals surface area contributed by atoms with Crippen LogP contribution in [0.25, 0.3) is 0 Å². The predicted molar refractivity (Wildman–Crippen MR) is 70.2 cm³/mol. The number of carbonyl (C=O) groups is 2. The van der Waals surface area contributed by atoms with Crippen molar-refractivity contribution in [3.8, 4) is 0 Å². The molecule has 1 amide bonds. The largest absolute Gasteiger partial charge is 0.481 e. The fourth-order valence-electron chi connectivity index (χ4n) is 2.50. The van der Waals surface area contributed by atoms with Gasteiger partial charge in [0.05, 0.1) is 17.0 Å². The summed E-state index contributed by atoms with van der Waals surface area (Å²) in [5.41, 5.74) is -0.384. The van der Waals surface area contributed by atoms with E-state index in [1.165, 1.54) is 12.3 Å². The van der Waals surface area contributed by atoms with E-state index in [0.717, 1.165) is 12.8 Å². The van der Waals surface area contributed by atoms with Gasteiger partial charge in [0.15, 0.2) is 0 Å². The fraction of sp³-hybridized carbons (Fsp3) is 0.462. The number of amides is 1. The molecule has 0 aliphatic heterocycles. The lowest BCUT2D eigenvalue weighted by atomic mass is 9.93.